The molecule has 0 fully saturated rings. The number of hydrogen-bond donors (Lipinski definition) is 3. The number of carbonyl (C=O) groups is 1. The van der Waals surface area contributed by atoms with Gasteiger partial charge in [-0.3, -0.25) is 13.8 Å². The Hall–Kier alpha value is -0.600. The number of rotatable bonds is 26. The van der Waals surface area contributed by atoms with E-state index in [1.54, 1.807) is 6.08 Å². The first kappa shape index (κ1) is 36.4. The fraction of sp³-hybridized carbons (Fsp3) is 0.893. The molecular formula is C28H57NO7P+. The Bertz CT molecular complexity index is 637. The lowest BCUT2D eigenvalue weighted by molar-refractivity contribution is -0.870. The van der Waals surface area contributed by atoms with Crippen molar-refractivity contribution in [1.29, 1.82) is 0 Å². The van der Waals surface area contributed by atoms with Crippen molar-refractivity contribution in [3.8, 4) is 0 Å². The van der Waals surface area contributed by atoms with E-state index in [0.29, 0.717) is 17.4 Å². The number of allylic oxidation sites excluding steroid dienone is 1. The van der Waals surface area contributed by atoms with E-state index in [4.69, 9.17) is 9.05 Å². The summed E-state index contributed by atoms with van der Waals surface area (Å²) in [6.07, 6.45) is 19.7. The minimum absolute atomic E-state index is 0.0531. The zero-order chi connectivity index (χ0) is 28.0. The third-order valence-electron chi connectivity index (χ3n) is 6.34. The van der Waals surface area contributed by atoms with Gasteiger partial charge in [-0.25, -0.2) is 4.57 Å². The molecule has 0 saturated heterocycles. The first-order chi connectivity index (χ1) is 17.5. The molecule has 0 spiro atoms. The van der Waals surface area contributed by atoms with Gasteiger partial charge < -0.3 is 19.6 Å². The molecule has 0 aromatic heterocycles. The van der Waals surface area contributed by atoms with E-state index in [1.165, 1.54) is 89.5 Å². The van der Waals surface area contributed by atoms with Gasteiger partial charge in [-0.05, 0) is 18.9 Å². The van der Waals surface area contributed by atoms with Crippen LogP contribution in [0.5, 0.6) is 0 Å². The fourth-order valence-electron chi connectivity index (χ4n) is 3.94. The molecule has 0 aliphatic heterocycles. The number of ketones is 1. The molecule has 9 heteroatoms. The van der Waals surface area contributed by atoms with Crippen molar-refractivity contribution in [2.75, 3.05) is 40.9 Å². The van der Waals surface area contributed by atoms with Gasteiger partial charge in [0.25, 0.3) is 0 Å². The molecule has 0 aromatic rings. The minimum atomic E-state index is -4.57. The van der Waals surface area contributed by atoms with Gasteiger partial charge in [-0.1, -0.05) is 103 Å². The highest BCUT2D eigenvalue weighted by Gasteiger charge is 2.35. The van der Waals surface area contributed by atoms with Crippen LogP contribution in [0.25, 0.3) is 0 Å². The lowest BCUT2D eigenvalue weighted by Gasteiger charge is -2.25. The van der Waals surface area contributed by atoms with Crippen molar-refractivity contribution in [3.63, 3.8) is 0 Å². The summed E-state index contributed by atoms with van der Waals surface area (Å²) < 4.78 is 22.6. The van der Waals surface area contributed by atoms with Crippen LogP contribution in [0.4, 0.5) is 0 Å². The number of phosphoric ester groups is 1. The summed E-state index contributed by atoms with van der Waals surface area (Å²) in [5.41, 5.74) is 0. The zero-order valence-corrected chi connectivity index (χ0v) is 25.0. The van der Waals surface area contributed by atoms with Gasteiger partial charge in [0.1, 0.15) is 19.3 Å². The predicted octanol–water partition coefficient (Wildman–Crippen LogP) is 5.93. The van der Waals surface area contributed by atoms with Gasteiger partial charge >= 0.3 is 7.82 Å². The molecule has 0 saturated carbocycles. The van der Waals surface area contributed by atoms with Crippen LogP contribution >= 0.6 is 7.82 Å². The van der Waals surface area contributed by atoms with Crippen LogP contribution in [-0.4, -0.2) is 78.5 Å². The number of hydrogen-bond acceptors (Lipinski definition) is 6. The molecule has 0 heterocycles. The molecule has 0 amide bonds. The maximum Gasteiger partial charge on any atom is 0.473 e. The number of likely N-dealkylation sites (N-methyl/N-ethyl adjacent to an activating group) is 1. The SMILES string of the molecule is CCCCCCCCCCCCCCCCCC=CC(=O)C(OP(=O)(O)OCC[N+](C)(C)C)[C@@H](O)CO. The first-order valence-electron chi connectivity index (χ1n) is 14.5. The average Bonchev–Trinajstić information content (AvgIpc) is 2.82. The third-order valence-corrected chi connectivity index (χ3v) is 7.34. The Morgan fingerprint density at radius 1 is 0.865 bits per heavy atom. The van der Waals surface area contributed by atoms with Crippen molar-refractivity contribution in [2.24, 2.45) is 0 Å². The van der Waals surface area contributed by atoms with Crippen LogP contribution in [0.15, 0.2) is 12.2 Å². The molecule has 3 atom stereocenters. The molecule has 0 radical (unpaired) electrons. The van der Waals surface area contributed by atoms with Gasteiger partial charge in [-0.15, -0.1) is 0 Å². The highest BCUT2D eigenvalue weighted by Crippen LogP contribution is 2.45. The van der Waals surface area contributed by atoms with Crippen LogP contribution in [0.3, 0.4) is 0 Å². The second-order valence-corrected chi connectivity index (χ2v) is 12.5. The topological polar surface area (TPSA) is 113 Å². The lowest BCUT2D eigenvalue weighted by atomic mass is 10.0. The summed E-state index contributed by atoms with van der Waals surface area (Å²) in [4.78, 5) is 22.4. The Morgan fingerprint density at radius 2 is 1.32 bits per heavy atom. The van der Waals surface area contributed by atoms with E-state index in [-0.39, 0.29) is 6.61 Å². The van der Waals surface area contributed by atoms with Crippen molar-refractivity contribution in [3.05, 3.63) is 12.2 Å². The number of phosphoric acid groups is 1. The predicted molar refractivity (Wildman–Crippen MR) is 150 cm³/mol. The Labute approximate surface area is 226 Å². The molecule has 37 heavy (non-hydrogen) atoms. The molecule has 0 aliphatic rings. The van der Waals surface area contributed by atoms with Crippen molar-refractivity contribution >= 4 is 13.6 Å². The van der Waals surface area contributed by atoms with Crippen molar-refractivity contribution in [2.45, 2.75) is 122 Å². The quantitative estimate of drug-likeness (QED) is 0.0529. The number of unbranched alkanes of at least 4 members (excludes halogenated alkanes) is 15. The van der Waals surface area contributed by atoms with Crippen LogP contribution in [-0.2, 0) is 18.4 Å². The van der Waals surface area contributed by atoms with E-state index in [1.807, 2.05) is 21.1 Å². The number of aliphatic hydroxyl groups excluding tert-OH is 2. The molecule has 0 aliphatic carbocycles. The van der Waals surface area contributed by atoms with E-state index < -0.39 is 32.4 Å². The molecule has 0 bridgehead atoms. The molecule has 220 valence electrons. The highest BCUT2D eigenvalue weighted by molar-refractivity contribution is 7.47. The lowest BCUT2D eigenvalue weighted by Crippen LogP contribution is -2.39. The molecule has 0 rings (SSSR count). The van der Waals surface area contributed by atoms with Gasteiger partial charge in [0, 0.05) is 0 Å². The number of carbonyl (C=O) groups excluding carboxylic acids is 1. The van der Waals surface area contributed by atoms with Gasteiger partial charge in [-0.2, -0.15) is 0 Å². The second kappa shape index (κ2) is 22.2. The summed E-state index contributed by atoms with van der Waals surface area (Å²) in [5.74, 6) is -0.674. The van der Waals surface area contributed by atoms with Crippen LogP contribution in [0.1, 0.15) is 110 Å². The van der Waals surface area contributed by atoms with Gasteiger partial charge in [0.15, 0.2) is 11.9 Å². The van der Waals surface area contributed by atoms with E-state index in [0.717, 1.165) is 12.8 Å². The van der Waals surface area contributed by atoms with Gasteiger partial charge in [0.05, 0.1) is 27.7 Å². The number of nitrogens with zero attached hydrogens (tertiary/aromatic N) is 1. The number of aliphatic hydroxyl groups is 2. The molecular weight excluding hydrogens is 493 g/mol. The van der Waals surface area contributed by atoms with E-state index >= 15 is 0 Å². The summed E-state index contributed by atoms with van der Waals surface area (Å²) in [6.45, 7) is 1.88. The minimum Gasteiger partial charge on any atom is -0.394 e. The molecule has 0 aromatic carbocycles. The van der Waals surface area contributed by atoms with Crippen LogP contribution < -0.4 is 0 Å². The third kappa shape index (κ3) is 23.0. The Balaban J connectivity index is 4.01. The monoisotopic (exact) mass is 550 g/mol. The van der Waals surface area contributed by atoms with E-state index in [2.05, 4.69) is 6.92 Å². The summed E-state index contributed by atoms with van der Waals surface area (Å²) >= 11 is 0. The normalized spacial score (nSPS) is 15.6. The maximum atomic E-state index is 12.4. The summed E-state index contributed by atoms with van der Waals surface area (Å²) in [7, 11) is 1.13. The summed E-state index contributed by atoms with van der Waals surface area (Å²) in [5, 5.41) is 19.2. The molecule has 3 N–H and O–H groups in total. The average molecular weight is 551 g/mol. The first-order valence-corrected chi connectivity index (χ1v) is 16.0. The number of quaternary nitrogens is 1. The Kier molecular flexibility index (Phi) is 21.9. The van der Waals surface area contributed by atoms with Crippen LogP contribution in [0.2, 0.25) is 0 Å². The molecule has 2 unspecified atom stereocenters. The highest BCUT2D eigenvalue weighted by atomic mass is 31.2. The van der Waals surface area contributed by atoms with E-state index in [9.17, 15) is 24.5 Å². The summed E-state index contributed by atoms with van der Waals surface area (Å²) in [6, 6.07) is 0. The largest absolute Gasteiger partial charge is 0.473 e. The molecule has 8 nitrogen and oxygen atoms in total. The zero-order valence-electron chi connectivity index (χ0n) is 24.1. The van der Waals surface area contributed by atoms with Crippen LogP contribution in [0, 0.1) is 0 Å². The fourth-order valence-corrected chi connectivity index (χ4v) is 4.84. The Morgan fingerprint density at radius 3 is 1.76 bits per heavy atom. The smallest absolute Gasteiger partial charge is 0.394 e. The van der Waals surface area contributed by atoms with Crippen molar-refractivity contribution in [1.82, 2.24) is 0 Å². The standard InChI is InChI=1S/C28H56NO7P/c1-5-6-7-8-9-10-11-12-13-14-15-16-17-18-19-20-21-22-26(31)28(27(32)25-30)36-37(33,34)35-24-23-29(2,3)4/h21-22,27-28,30,32H,5-20,23-25H2,1-4H3/p+1/t27-,28?/m0/s1. The maximum absolute atomic E-state index is 12.4. The van der Waals surface area contributed by atoms with Gasteiger partial charge in [0.2, 0.25) is 0 Å². The second-order valence-electron chi connectivity index (χ2n) is 11.1. The van der Waals surface area contributed by atoms with Crippen molar-refractivity contribution < 1.29 is 38.0 Å².